The van der Waals surface area contributed by atoms with E-state index in [1.807, 2.05) is 12.1 Å². The summed E-state index contributed by atoms with van der Waals surface area (Å²) in [5.41, 5.74) is 2.17. The molecule has 1 atom stereocenters. The largest absolute Gasteiger partial charge is 0.493 e. The Labute approximate surface area is 161 Å². The Bertz CT molecular complexity index is 965. The number of carbonyl (C=O) groups is 2. The first-order valence-corrected chi connectivity index (χ1v) is 8.68. The van der Waals surface area contributed by atoms with Crippen LogP contribution in [0.4, 0.5) is 5.82 Å². The number of aromatic nitrogens is 1. The molecule has 2 N–H and O–H groups in total. The topological polar surface area (TPSA) is 98.8 Å². The molecule has 144 valence electrons. The van der Waals surface area contributed by atoms with E-state index in [-0.39, 0.29) is 11.6 Å². The summed E-state index contributed by atoms with van der Waals surface area (Å²) in [6, 6.07) is 6.76. The second-order valence-corrected chi connectivity index (χ2v) is 6.40. The fraction of sp³-hybridized carbons (Fsp3) is 0.250. The molecule has 1 aromatic heterocycles. The van der Waals surface area contributed by atoms with E-state index in [1.165, 1.54) is 21.3 Å². The number of methoxy groups -OCH3 is 3. The van der Waals surface area contributed by atoms with Crippen LogP contribution in [-0.4, -0.2) is 44.2 Å². The van der Waals surface area contributed by atoms with Gasteiger partial charge in [-0.25, -0.2) is 4.98 Å². The van der Waals surface area contributed by atoms with E-state index >= 15 is 0 Å². The van der Waals surface area contributed by atoms with Crippen LogP contribution in [0.1, 0.15) is 11.1 Å². The molecule has 2 aliphatic heterocycles. The first-order chi connectivity index (χ1) is 13.6. The SMILES string of the molecule is COc1cc(C2=C(C3Cc4cccnc4N3)C(=O)NC2=O)cc(OC)c1OC. The number of hydrogen-bond acceptors (Lipinski definition) is 7. The molecular formula is C20H19N3O5. The number of benzene rings is 1. The average molecular weight is 381 g/mol. The zero-order chi connectivity index (χ0) is 19.8. The lowest BCUT2D eigenvalue weighted by Crippen LogP contribution is -2.28. The summed E-state index contributed by atoms with van der Waals surface area (Å²) in [5, 5.41) is 5.64. The number of pyridine rings is 1. The number of ether oxygens (including phenoxy) is 3. The van der Waals surface area contributed by atoms with Crippen molar-refractivity contribution in [2.45, 2.75) is 12.5 Å². The van der Waals surface area contributed by atoms with E-state index in [4.69, 9.17) is 14.2 Å². The Balaban J connectivity index is 1.84. The van der Waals surface area contributed by atoms with E-state index in [0.717, 1.165) is 11.4 Å². The molecule has 1 aromatic carbocycles. The zero-order valence-corrected chi connectivity index (χ0v) is 15.7. The van der Waals surface area contributed by atoms with E-state index in [1.54, 1.807) is 18.3 Å². The number of nitrogens with one attached hydrogen (secondary N) is 2. The smallest absolute Gasteiger partial charge is 0.259 e. The number of fused-ring (bicyclic) bond motifs is 1. The summed E-state index contributed by atoms with van der Waals surface area (Å²) in [4.78, 5) is 29.5. The Morgan fingerprint density at radius 1 is 1.04 bits per heavy atom. The fourth-order valence-corrected chi connectivity index (χ4v) is 3.66. The molecule has 0 aliphatic carbocycles. The lowest BCUT2D eigenvalue weighted by Gasteiger charge is -2.16. The fourth-order valence-electron chi connectivity index (χ4n) is 3.66. The molecule has 0 spiro atoms. The number of nitrogens with zero attached hydrogens (tertiary/aromatic N) is 1. The van der Waals surface area contributed by atoms with Gasteiger partial charge in [0.1, 0.15) is 5.82 Å². The molecule has 0 bridgehead atoms. The third kappa shape index (κ3) is 2.74. The van der Waals surface area contributed by atoms with Crippen LogP contribution < -0.4 is 24.8 Å². The van der Waals surface area contributed by atoms with Crippen molar-refractivity contribution < 1.29 is 23.8 Å². The highest BCUT2D eigenvalue weighted by Gasteiger charge is 2.39. The van der Waals surface area contributed by atoms with Gasteiger partial charge in [0.25, 0.3) is 11.8 Å². The van der Waals surface area contributed by atoms with Gasteiger partial charge < -0.3 is 19.5 Å². The maximum Gasteiger partial charge on any atom is 0.259 e. The number of amides is 2. The molecule has 1 unspecified atom stereocenters. The molecule has 8 heteroatoms. The molecule has 4 rings (SSSR count). The minimum atomic E-state index is -0.458. The highest BCUT2D eigenvalue weighted by Crippen LogP contribution is 2.42. The molecule has 8 nitrogen and oxygen atoms in total. The molecular weight excluding hydrogens is 362 g/mol. The lowest BCUT2D eigenvalue weighted by molar-refractivity contribution is -0.123. The van der Waals surface area contributed by atoms with Gasteiger partial charge in [0.2, 0.25) is 5.75 Å². The van der Waals surface area contributed by atoms with Gasteiger partial charge in [0.15, 0.2) is 11.5 Å². The van der Waals surface area contributed by atoms with Gasteiger partial charge in [-0.05, 0) is 29.3 Å². The molecule has 3 heterocycles. The van der Waals surface area contributed by atoms with E-state index in [0.29, 0.717) is 34.8 Å². The van der Waals surface area contributed by atoms with Crippen LogP contribution in [-0.2, 0) is 16.0 Å². The Morgan fingerprint density at radius 2 is 1.75 bits per heavy atom. The lowest BCUT2D eigenvalue weighted by atomic mass is 9.94. The molecule has 2 aliphatic rings. The maximum absolute atomic E-state index is 12.6. The molecule has 0 saturated heterocycles. The number of rotatable bonds is 5. The summed E-state index contributed by atoms with van der Waals surface area (Å²) in [7, 11) is 4.50. The Kier molecular flexibility index (Phi) is 4.38. The van der Waals surface area contributed by atoms with Crippen LogP contribution >= 0.6 is 0 Å². The van der Waals surface area contributed by atoms with Crippen molar-refractivity contribution in [2.24, 2.45) is 0 Å². The zero-order valence-electron chi connectivity index (χ0n) is 15.7. The minimum absolute atomic E-state index is 0.287. The second-order valence-electron chi connectivity index (χ2n) is 6.40. The van der Waals surface area contributed by atoms with Crippen molar-refractivity contribution in [2.75, 3.05) is 26.6 Å². The standard InChI is InChI=1S/C20H19N3O5/c1-26-13-8-11(9-14(27-2)17(13)28-3)15-16(20(25)23-19(15)24)12-7-10-5-4-6-21-18(10)22-12/h4-6,8-9,12H,7H2,1-3H3,(H,21,22)(H,23,24,25). The van der Waals surface area contributed by atoms with Gasteiger partial charge in [-0.2, -0.15) is 0 Å². The first-order valence-electron chi connectivity index (χ1n) is 8.68. The number of imide groups is 1. The summed E-state index contributed by atoms with van der Waals surface area (Å²) in [6.07, 6.45) is 2.25. The van der Waals surface area contributed by atoms with Crippen LogP contribution in [0.15, 0.2) is 36.0 Å². The average Bonchev–Trinajstić information content (AvgIpc) is 3.26. The van der Waals surface area contributed by atoms with Gasteiger partial charge >= 0.3 is 0 Å². The number of carbonyl (C=O) groups excluding carboxylic acids is 2. The van der Waals surface area contributed by atoms with Crippen LogP contribution in [0.25, 0.3) is 5.57 Å². The third-order valence-corrected chi connectivity index (χ3v) is 4.90. The van der Waals surface area contributed by atoms with Crippen molar-refractivity contribution in [3.8, 4) is 17.2 Å². The highest BCUT2D eigenvalue weighted by atomic mass is 16.5. The summed E-state index contributed by atoms with van der Waals surface area (Å²) < 4.78 is 16.1. The predicted octanol–water partition coefficient (Wildman–Crippen LogP) is 1.55. The van der Waals surface area contributed by atoms with Crippen LogP contribution in [0, 0.1) is 0 Å². The molecule has 0 saturated carbocycles. The number of hydrogen-bond donors (Lipinski definition) is 2. The molecule has 2 aromatic rings. The summed E-state index contributed by atoms with van der Waals surface area (Å²) in [5.74, 6) is 1.06. The van der Waals surface area contributed by atoms with Gasteiger partial charge in [0, 0.05) is 12.6 Å². The predicted molar refractivity (Wildman–Crippen MR) is 102 cm³/mol. The van der Waals surface area contributed by atoms with Crippen molar-refractivity contribution in [1.82, 2.24) is 10.3 Å². The van der Waals surface area contributed by atoms with E-state index in [9.17, 15) is 9.59 Å². The molecule has 28 heavy (non-hydrogen) atoms. The van der Waals surface area contributed by atoms with Crippen molar-refractivity contribution in [3.63, 3.8) is 0 Å². The highest BCUT2D eigenvalue weighted by molar-refractivity contribution is 6.36. The van der Waals surface area contributed by atoms with Crippen molar-refractivity contribution in [3.05, 3.63) is 47.2 Å². The van der Waals surface area contributed by atoms with Gasteiger partial charge in [-0.3, -0.25) is 14.9 Å². The quantitative estimate of drug-likeness (QED) is 0.758. The number of anilines is 1. The van der Waals surface area contributed by atoms with Crippen LogP contribution in [0.5, 0.6) is 17.2 Å². The Morgan fingerprint density at radius 3 is 2.36 bits per heavy atom. The van der Waals surface area contributed by atoms with E-state index in [2.05, 4.69) is 15.6 Å². The summed E-state index contributed by atoms with van der Waals surface area (Å²) in [6.45, 7) is 0. The molecule has 2 amide bonds. The van der Waals surface area contributed by atoms with Crippen molar-refractivity contribution in [1.29, 1.82) is 0 Å². The third-order valence-electron chi connectivity index (χ3n) is 4.90. The maximum atomic E-state index is 12.6. The van der Waals surface area contributed by atoms with Gasteiger partial charge in [-0.1, -0.05) is 6.07 Å². The van der Waals surface area contributed by atoms with Crippen molar-refractivity contribution >= 4 is 23.2 Å². The summed E-state index contributed by atoms with van der Waals surface area (Å²) >= 11 is 0. The van der Waals surface area contributed by atoms with Gasteiger partial charge in [-0.15, -0.1) is 0 Å². The van der Waals surface area contributed by atoms with Gasteiger partial charge in [0.05, 0.1) is 38.5 Å². The molecule has 0 radical (unpaired) electrons. The first kappa shape index (κ1) is 17.8. The van der Waals surface area contributed by atoms with E-state index < -0.39 is 11.8 Å². The van der Waals surface area contributed by atoms with Crippen LogP contribution in [0.2, 0.25) is 0 Å². The normalized spacial score (nSPS) is 17.9. The second kappa shape index (κ2) is 6.88. The minimum Gasteiger partial charge on any atom is -0.493 e. The molecule has 0 fully saturated rings. The van der Waals surface area contributed by atoms with Crippen LogP contribution in [0.3, 0.4) is 0 Å². The Hall–Kier alpha value is -3.55. The monoisotopic (exact) mass is 381 g/mol.